The number of amides is 2. The molecule has 17 heavy (non-hydrogen) atoms. The Morgan fingerprint density at radius 1 is 1.18 bits per heavy atom. The summed E-state index contributed by atoms with van der Waals surface area (Å²) in [5, 5.41) is 14.0. The van der Waals surface area contributed by atoms with Crippen molar-refractivity contribution >= 4 is 11.8 Å². The first-order chi connectivity index (χ1) is 7.74. The maximum atomic E-state index is 11.4. The van der Waals surface area contributed by atoms with Crippen LogP contribution in [0.2, 0.25) is 0 Å². The molecule has 0 aromatic rings. The third kappa shape index (κ3) is 9.81. The van der Waals surface area contributed by atoms with Gasteiger partial charge in [-0.2, -0.15) is 0 Å². The van der Waals surface area contributed by atoms with E-state index < -0.39 is 0 Å². The summed E-state index contributed by atoms with van der Waals surface area (Å²) < 4.78 is 0. The smallest absolute Gasteiger partial charge is 0.239 e. The Bertz CT molecular complexity index is 259. The molecule has 1 atom stereocenters. The van der Waals surface area contributed by atoms with Crippen molar-refractivity contribution < 1.29 is 14.7 Å². The lowest BCUT2D eigenvalue weighted by Gasteiger charge is -2.17. The van der Waals surface area contributed by atoms with E-state index in [1.165, 1.54) is 0 Å². The van der Waals surface area contributed by atoms with E-state index in [9.17, 15) is 9.59 Å². The minimum Gasteiger partial charge on any atom is -0.396 e. The minimum atomic E-state index is -0.229. The van der Waals surface area contributed by atoms with Gasteiger partial charge in [-0.3, -0.25) is 9.59 Å². The predicted octanol–water partition coefficient (Wildman–Crippen LogP) is 0.283. The topological polar surface area (TPSA) is 78.4 Å². The molecule has 0 rings (SSSR count). The molecule has 0 saturated heterocycles. The van der Waals surface area contributed by atoms with Gasteiger partial charge in [0.25, 0.3) is 0 Å². The second-order valence-electron chi connectivity index (χ2n) is 5.61. The zero-order valence-corrected chi connectivity index (χ0v) is 11.2. The third-order valence-corrected chi connectivity index (χ3v) is 2.10. The van der Waals surface area contributed by atoms with Gasteiger partial charge < -0.3 is 15.7 Å². The van der Waals surface area contributed by atoms with Crippen molar-refractivity contribution in [3.8, 4) is 0 Å². The Kier molecular flexibility index (Phi) is 6.80. The summed E-state index contributed by atoms with van der Waals surface area (Å²) in [5.74, 6) is -0.320. The molecule has 0 aliphatic heterocycles. The van der Waals surface area contributed by atoms with Crippen molar-refractivity contribution in [1.82, 2.24) is 10.6 Å². The third-order valence-electron chi connectivity index (χ3n) is 2.10. The number of nitrogens with one attached hydrogen (secondary N) is 2. The molecule has 0 aromatic carbocycles. The number of hydrogen-bond donors (Lipinski definition) is 3. The van der Waals surface area contributed by atoms with Crippen LogP contribution in [0.4, 0.5) is 0 Å². The largest absolute Gasteiger partial charge is 0.396 e. The first-order valence-electron chi connectivity index (χ1n) is 5.89. The Morgan fingerprint density at radius 2 is 1.76 bits per heavy atom. The molecule has 0 saturated carbocycles. The molecule has 0 bridgehead atoms. The first kappa shape index (κ1) is 15.9. The molecule has 0 spiro atoms. The van der Waals surface area contributed by atoms with Gasteiger partial charge >= 0.3 is 0 Å². The van der Waals surface area contributed by atoms with Gasteiger partial charge in [-0.15, -0.1) is 0 Å². The van der Waals surface area contributed by atoms with Crippen LogP contribution in [0, 0.1) is 11.3 Å². The van der Waals surface area contributed by atoms with Gasteiger partial charge in [0.05, 0.1) is 6.54 Å². The molecule has 100 valence electrons. The van der Waals surface area contributed by atoms with E-state index in [1.54, 1.807) is 0 Å². The van der Waals surface area contributed by atoms with E-state index in [1.807, 2.05) is 27.7 Å². The first-order valence-corrected chi connectivity index (χ1v) is 5.89. The Balaban J connectivity index is 3.74. The number of aliphatic hydroxyl groups is 1. The highest BCUT2D eigenvalue weighted by atomic mass is 16.3. The Hall–Kier alpha value is -1.10. The quantitative estimate of drug-likeness (QED) is 0.628. The summed E-state index contributed by atoms with van der Waals surface area (Å²) >= 11 is 0. The summed E-state index contributed by atoms with van der Waals surface area (Å²) in [4.78, 5) is 22.8. The van der Waals surface area contributed by atoms with Crippen molar-refractivity contribution in [1.29, 1.82) is 0 Å². The summed E-state index contributed by atoms with van der Waals surface area (Å²) in [5.41, 5.74) is -0.0774. The molecule has 0 aliphatic carbocycles. The number of carbonyl (C=O) groups is 2. The second kappa shape index (κ2) is 7.27. The number of rotatable bonds is 6. The lowest BCUT2D eigenvalue weighted by Crippen LogP contribution is -2.39. The van der Waals surface area contributed by atoms with Crippen molar-refractivity contribution in [2.24, 2.45) is 11.3 Å². The lowest BCUT2D eigenvalue weighted by molar-refractivity contribution is -0.127. The molecular formula is C12H24N2O3. The van der Waals surface area contributed by atoms with Crippen LogP contribution >= 0.6 is 0 Å². The second-order valence-corrected chi connectivity index (χ2v) is 5.61. The lowest BCUT2D eigenvalue weighted by atomic mass is 9.92. The van der Waals surface area contributed by atoms with Crippen molar-refractivity contribution in [3.63, 3.8) is 0 Å². The van der Waals surface area contributed by atoms with Crippen LogP contribution in [-0.2, 0) is 9.59 Å². The highest BCUT2D eigenvalue weighted by Crippen LogP contribution is 2.17. The average molecular weight is 244 g/mol. The van der Waals surface area contributed by atoms with Crippen LogP contribution in [0.1, 0.15) is 34.1 Å². The normalized spacial score (nSPS) is 13.0. The van der Waals surface area contributed by atoms with Crippen LogP contribution in [0.3, 0.4) is 0 Å². The summed E-state index contributed by atoms with van der Waals surface area (Å²) in [6, 6.07) is 0. The van der Waals surface area contributed by atoms with Gasteiger partial charge in [0.15, 0.2) is 0 Å². The number of carbonyl (C=O) groups excluding carboxylic acids is 2. The monoisotopic (exact) mass is 244 g/mol. The van der Waals surface area contributed by atoms with Crippen LogP contribution < -0.4 is 10.6 Å². The molecule has 0 fully saturated rings. The van der Waals surface area contributed by atoms with Crippen LogP contribution in [-0.4, -0.2) is 36.6 Å². The summed E-state index contributed by atoms with van der Waals surface area (Å²) in [6.07, 6.45) is 0.396. The van der Waals surface area contributed by atoms with E-state index in [2.05, 4.69) is 10.6 Å². The van der Waals surface area contributed by atoms with Gasteiger partial charge in [-0.05, 0) is 11.3 Å². The number of hydrogen-bond acceptors (Lipinski definition) is 3. The van der Waals surface area contributed by atoms with E-state index in [4.69, 9.17) is 5.11 Å². The predicted molar refractivity (Wildman–Crippen MR) is 66.3 cm³/mol. The molecule has 0 heterocycles. The van der Waals surface area contributed by atoms with Gasteiger partial charge in [-0.25, -0.2) is 0 Å². The minimum absolute atomic E-state index is 0.00688. The van der Waals surface area contributed by atoms with Gasteiger partial charge in [0.1, 0.15) is 0 Å². The van der Waals surface area contributed by atoms with Crippen LogP contribution in [0.5, 0.6) is 0 Å². The molecule has 3 N–H and O–H groups in total. The highest BCUT2D eigenvalue weighted by Gasteiger charge is 2.16. The van der Waals surface area contributed by atoms with E-state index in [0.29, 0.717) is 13.0 Å². The summed E-state index contributed by atoms with van der Waals surface area (Å²) in [7, 11) is 0. The Labute approximate surface area is 103 Å². The van der Waals surface area contributed by atoms with Gasteiger partial charge in [0.2, 0.25) is 11.8 Å². The van der Waals surface area contributed by atoms with E-state index >= 15 is 0 Å². The summed E-state index contributed by atoms with van der Waals surface area (Å²) in [6.45, 7) is 8.19. The molecule has 0 aliphatic rings. The fraction of sp³-hybridized carbons (Fsp3) is 0.833. The van der Waals surface area contributed by atoms with Crippen molar-refractivity contribution in [3.05, 3.63) is 0 Å². The molecule has 1 unspecified atom stereocenters. The standard InChI is InChI=1S/C12H24N2O3/c1-9(8-15)6-13-11(17)7-14-10(16)5-12(2,3)4/h9,15H,5-8H2,1-4H3,(H,13,17)(H,14,16). The molecule has 5 nitrogen and oxygen atoms in total. The highest BCUT2D eigenvalue weighted by molar-refractivity contribution is 5.84. The van der Waals surface area contributed by atoms with Gasteiger partial charge in [-0.1, -0.05) is 27.7 Å². The van der Waals surface area contributed by atoms with Crippen LogP contribution in [0.15, 0.2) is 0 Å². The van der Waals surface area contributed by atoms with Gasteiger partial charge in [0, 0.05) is 19.6 Å². The molecular weight excluding hydrogens is 220 g/mol. The molecule has 0 aromatic heterocycles. The van der Waals surface area contributed by atoms with Crippen LogP contribution in [0.25, 0.3) is 0 Å². The average Bonchev–Trinajstić information content (AvgIpc) is 2.20. The van der Waals surface area contributed by atoms with E-state index in [-0.39, 0.29) is 36.3 Å². The maximum absolute atomic E-state index is 11.4. The molecule has 2 amide bonds. The SMILES string of the molecule is CC(CO)CNC(=O)CNC(=O)CC(C)(C)C. The van der Waals surface area contributed by atoms with Crippen molar-refractivity contribution in [2.45, 2.75) is 34.1 Å². The van der Waals surface area contributed by atoms with E-state index in [0.717, 1.165) is 0 Å². The van der Waals surface area contributed by atoms with Crippen molar-refractivity contribution in [2.75, 3.05) is 19.7 Å². The Morgan fingerprint density at radius 3 is 2.24 bits per heavy atom. The zero-order valence-electron chi connectivity index (χ0n) is 11.2. The molecule has 5 heteroatoms. The fourth-order valence-corrected chi connectivity index (χ4v) is 1.14. The molecule has 0 radical (unpaired) electrons. The fourth-order valence-electron chi connectivity index (χ4n) is 1.14. The zero-order chi connectivity index (χ0) is 13.5. The maximum Gasteiger partial charge on any atom is 0.239 e. The number of aliphatic hydroxyl groups excluding tert-OH is 1.